The third-order valence-electron chi connectivity index (χ3n) is 3.52. The van der Waals surface area contributed by atoms with E-state index in [0.717, 1.165) is 36.5 Å². The van der Waals surface area contributed by atoms with Crippen LogP contribution in [-0.2, 0) is 0 Å². The molecule has 0 saturated heterocycles. The SMILES string of the molecule is CCNc1nc(C)cc(NCCC2CCCC2)n1. The molecular formula is C14H24N4. The van der Waals surface area contributed by atoms with Gasteiger partial charge in [-0.1, -0.05) is 25.7 Å². The Labute approximate surface area is 110 Å². The Bertz CT molecular complexity index is 372. The highest BCUT2D eigenvalue weighted by molar-refractivity contribution is 5.41. The van der Waals surface area contributed by atoms with E-state index in [4.69, 9.17) is 0 Å². The van der Waals surface area contributed by atoms with E-state index in [1.54, 1.807) is 0 Å². The van der Waals surface area contributed by atoms with Gasteiger partial charge in [0, 0.05) is 24.8 Å². The number of rotatable bonds is 6. The first kappa shape index (κ1) is 13.1. The number of aryl methyl sites for hydroxylation is 1. The van der Waals surface area contributed by atoms with Crippen LogP contribution in [0.15, 0.2) is 6.07 Å². The van der Waals surface area contributed by atoms with E-state index < -0.39 is 0 Å². The van der Waals surface area contributed by atoms with Gasteiger partial charge >= 0.3 is 0 Å². The van der Waals surface area contributed by atoms with Gasteiger partial charge < -0.3 is 10.6 Å². The van der Waals surface area contributed by atoms with Crippen molar-refractivity contribution in [2.75, 3.05) is 23.7 Å². The molecule has 18 heavy (non-hydrogen) atoms. The average molecular weight is 248 g/mol. The van der Waals surface area contributed by atoms with Gasteiger partial charge in [0.2, 0.25) is 5.95 Å². The third kappa shape index (κ3) is 3.86. The predicted molar refractivity (Wildman–Crippen MR) is 76.0 cm³/mol. The maximum absolute atomic E-state index is 4.45. The van der Waals surface area contributed by atoms with Gasteiger partial charge in [0.25, 0.3) is 0 Å². The van der Waals surface area contributed by atoms with Crippen molar-refractivity contribution in [2.24, 2.45) is 5.92 Å². The lowest BCUT2D eigenvalue weighted by atomic mass is 10.0. The number of nitrogens with one attached hydrogen (secondary N) is 2. The predicted octanol–water partition coefficient (Wildman–Crippen LogP) is 3.21. The van der Waals surface area contributed by atoms with Crippen LogP contribution in [0.4, 0.5) is 11.8 Å². The monoisotopic (exact) mass is 248 g/mol. The van der Waals surface area contributed by atoms with Crippen LogP contribution in [0.2, 0.25) is 0 Å². The fourth-order valence-electron chi connectivity index (χ4n) is 2.60. The summed E-state index contributed by atoms with van der Waals surface area (Å²) in [4.78, 5) is 8.80. The summed E-state index contributed by atoms with van der Waals surface area (Å²) in [5, 5.41) is 6.58. The third-order valence-corrected chi connectivity index (χ3v) is 3.52. The summed E-state index contributed by atoms with van der Waals surface area (Å²) >= 11 is 0. The van der Waals surface area contributed by atoms with Gasteiger partial charge in [-0.05, 0) is 26.2 Å². The molecule has 0 amide bonds. The first-order valence-corrected chi connectivity index (χ1v) is 7.11. The number of hydrogen-bond acceptors (Lipinski definition) is 4. The molecule has 0 aliphatic heterocycles. The van der Waals surface area contributed by atoms with Gasteiger partial charge in [-0.2, -0.15) is 4.98 Å². The molecule has 1 aromatic rings. The normalized spacial score (nSPS) is 15.9. The molecule has 0 spiro atoms. The zero-order valence-corrected chi connectivity index (χ0v) is 11.5. The molecule has 0 aromatic carbocycles. The van der Waals surface area contributed by atoms with Crippen molar-refractivity contribution in [3.05, 3.63) is 11.8 Å². The maximum Gasteiger partial charge on any atom is 0.224 e. The molecule has 1 heterocycles. The summed E-state index contributed by atoms with van der Waals surface area (Å²) in [5.74, 6) is 2.59. The van der Waals surface area contributed by atoms with Crippen molar-refractivity contribution in [1.82, 2.24) is 9.97 Å². The molecule has 0 bridgehead atoms. The topological polar surface area (TPSA) is 49.8 Å². The van der Waals surface area contributed by atoms with Crippen LogP contribution >= 0.6 is 0 Å². The van der Waals surface area contributed by atoms with Gasteiger partial charge in [0.1, 0.15) is 5.82 Å². The second-order valence-electron chi connectivity index (χ2n) is 5.11. The van der Waals surface area contributed by atoms with Crippen LogP contribution < -0.4 is 10.6 Å². The molecule has 0 radical (unpaired) electrons. The number of hydrogen-bond donors (Lipinski definition) is 2. The molecule has 4 nitrogen and oxygen atoms in total. The highest BCUT2D eigenvalue weighted by Gasteiger charge is 2.14. The smallest absolute Gasteiger partial charge is 0.224 e. The quantitative estimate of drug-likeness (QED) is 0.811. The van der Waals surface area contributed by atoms with Crippen LogP contribution in [0.1, 0.15) is 44.7 Å². The lowest BCUT2D eigenvalue weighted by molar-refractivity contribution is 0.518. The van der Waals surface area contributed by atoms with Crippen LogP contribution in [0.25, 0.3) is 0 Å². The molecule has 1 aromatic heterocycles. The lowest BCUT2D eigenvalue weighted by Crippen LogP contribution is -2.10. The van der Waals surface area contributed by atoms with E-state index in [1.807, 2.05) is 13.0 Å². The molecule has 0 unspecified atom stereocenters. The minimum absolute atomic E-state index is 0.723. The Morgan fingerprint density at radius 1 is 1.22 bits per heavy atom. The van der Waals surface area contributed by atoms with Crippen LogP contribution in [0, 0.1) is 12.8 Å². The Hall–Kier alpha value is -1.32. The molecule has 100 valence electrons. The Morgan fingerprint density at radius 2 is 2.00 bits per heavy atom. The molecular weight excluding hydrogens is 224 g/mol. The lowest BCUT2D eigenvalue weighted by Gasteiger charge is -2.11. The highest BCUT2D eigenvalue weighted by Crippen LogP contribution is 2.27. The fraction of sp³-hybridized carbons (Fsp3) is 0.714. The van der Waals surface area contributed by atoms with Crippen molar-refractivity contribution in [1.29, 1.82) is 0 Å². The number of nitrogens with zero attached hydrogens (tertiary/aromatic N) is 2. The minimum Gasteiger partial charge on any atom is -0.370 e. The van der Waals surface area contributed by atoms with Crippen molar-refractivity contribution in [2.45, 2.75) is 46.0 Å². The van der Waals surface area contributed by atoms with Crippen molar-refractivity contribution in [3.8, 4) is 0 Å². The Balaban J connectivity index is 1.83. The zero-order valence-electron chi connectivity index (χ0n) is 11.5. The molecule has 1 aliphatic rings. The number of anilines is 2. The van der Waals surface area contributed by atoms with E-state index >= 15 is 0 Å². The molecule has 1 saturated carbocycles. The molecule has 1 aliphatic carbocycles. The highest BCUT2D eigenvalue weighted by atomic mass is 15.1. The zero-order chi connectivity index (χ0) is 12.8. The Morgan fingerprint density at radius 3 is 2.72 bits per heavy atom. The van der Waals surface area contributed by atoms with Gasteiger partial charge in [-0.3, -0.25) is 0 Å². The summed E-state index contributed by atoms with van der Waals surface area (Å²) in [7, 11) is 0. The summed E-state index contributed by atoms with van der Waals surface area (Å²) in [6.07, 6.45) is 6.92. The van der Waals surface area contributed by atoms with Gasteiger partial charge in [-0.15, -0.1) is 0 Å². The first-order chi connectivity index (χ1) is 8.78. The van der Waals surface area contributed by atoms with E-state index in [2.05, 4.69) is 27.5 Å². The molecule has 1 fully saturated rings. The van der Waals surface area contributed by atoms with Gasteiger partial charge in [0.15, 0.2) is 0 Å². The van der Waals surface area contributed by atoms with Crippen LogP contribution in [0.3, 0.4) is 0 Å². The summed E-state index contributed by atoms with van der Waals surface area (Å²) in [6.45, 7) is 5.93. The van der Waals surface area contributed by atoms with Gasteiger partial charge in [-0.25, -0.2) is 4.98 Å². The second kappa shape index (κ2) is 6.57. The molecule has 4 heteroatoms. The first-order valence-electron chi connectivity index (χ1n) is 7.11. The summed E-state index contributed by atoms with van der Waals surface area (Å²) in [6, 6.07) is 2.01. The van der Waals surface area contributed by atoms with Crippen molar-refractivity contribution >= 4 is 11.8 Å². The van der Waals surface area contributed by atoms with Crippen molar-refractivity contribution < 1.29 is 0 Å². The molecule has 2 N–H and O–H groups in total. The summed E-state index contributed by atoms with van der Waals surface area (Å²) < 4.78 is 0. The van der Waals surface area contributed by atoms with Gasteiger partial charge in [0.05, 0.1) is 0 Å². The van der Waals surface area contributed by atoms with E-state index in [-0.39, 0.29) is 0 Å². The molecule has 0 atom stereocenters. The molecule has 2 rings (SSSR count). The van der Waals surface area contributed by atoms with E-state index in [9.17, 15) is 0 Å². The van der Waals surface area contributed by atoms with E-state index in [1.165, 1.54) is 32.1 Å². The average Bonchev–Trinajstić information content (AvgIpc) is 2.82. The summed E-state index contributed by atoms with van der Waals surface area (Å²) in [5.41, 5.74) is 1.00. The minimum atomic E-state index is 0.723. The fourth-order valence-corrected chi connectivity index (χ4v) is 2.60. The maximum atomic E-state index is 4.45. The Kier molecular flexibility index (Phi) is 4.79. The van der Waals surface area contributed by atoms with Crippen molar-refractivity contribution in [3.63, 3.8) is 0 Å². The standard InChI is InChI=1S/C14H24N4/c1-3-15-14-17-11(2)10-13(18-14)16-9-8-12-6-4-5-7-12/h10,12H,3-9H2,1-2H3,(H2,15,16,17,18). The largest absolute Gasteiger partial charge is 0.370 e. The number of aromatic nitrogens is 2. The van der Waals surface area contributed by atoms with Crippen LogP contribution in [0.5, 0.6) is 0 Å². The van der Waals surface area contributed by atoms with Crippen LogP contribution in [-0.4, -0.2) is 23.1 Å². The van der Waals surface area contributed by atoms with E-state index in [0.29, 0.717) is 0 Å². The second-order valence-corrected chi connectivity index (χ2v) is 5.11.